The molecule has 0 aromatic heterocycles. The van der Waals surface area contributed by atoms with E-state index in [0.717, 1.165) is 6.42 Å². The summed E-state index contributed by atoms with van der Waals surface area (Å²) in [6.45, 7) is 0.580. The lowest BCUT2D eigenvalue weighted by atomic mass is 10.2. The molecule has 98 valence electrons. The molecule has 6 heteroatoms. The monoisotopic (exact) mass is 256 g/mol. The van der Waals surface area contributed by atoms with Gasteiger partial charge in [0, 0.05) is 6.42 Å². The van der Waals surface area contributed by atoms with E-state index < -0.39 is 18.1 Å². The minimum atomic E-state index is -1.26. The molecule has 2 rings (SSSR count). The van der Waals surface area contributed by atoms with E-state index in [9.17, 15) is 9.18 Å². The summed E-state index contributed by atoms with van der Waals surface area (Å²) < 4.78 is 29.3. The van der Waals surface area contributed by atoms with E-state index in [-0.39, 0.29) is 17.1 Å². The van der Waals surface area contributed by atoms with Crippen LogP contribution in [-0.4, -0.2) is 31.1 Å². The van der Waals surface area contributed by atoms with Gasteiger partial charge in [0.25, 0.3) is 0 Å². The van der Waals surface area contributed by atoms with Crippen LogP contribution in [0.25, 0.3) is 0 Å². The zero-order valence-corrected chi connectivity index (χ0v) is 9.81. The van der Waals surface area contributed by atoms with Gasteiger partial charge in [-0.15, -0.1) is 0 Å². The summed E-state index contributed by atoms with van der Waals surface area (Å²) in [7, 11) is 1.21. The number of carbonyl (C=O) groups is 1. The molecule has 0 saturated carbocycles. The van der Waals surface area contributed by atoms with E-state index in [1.807, 2.05) is 0 Å². The molecule has 0 aliphatic carbocycles. The Balaban J connectivity index is 2.28. The average Bonchev–Trinajstić information content (AvgIpc) is 2.84. The van der Waals surface area contributed by atoms with E-state index >= 15 is 0 Å². The molecule has 1 unspecified atom stereocenters. The molecule has 1 N–H and O–H groups in total. The molecular formula is C12H13FO5. The van der Waals surface area contributed by atoms with Gasteiger partial charge in [0.1, 0.15) is 5.56 Å². The first-order valence-corrected chi connectivity index (χ1v) is 5.51. The molecule has 1 aromatic carbocycles. The largest absolute Gasteiger partial charge is 0.493 e. The van der Waals surface area contributed by atoms with Gasteiger partial charge in [-0.1, -0.05) is 0 Å². The summed E-state index contributed by atoms with van der Waals surface area (Å²) in [6, 6.07) is 2.51. The highest BCUT2D eigenvalue weighted by Gasteiger charge is 2.23. The van der Waals surface area contributed by atoms with E-state index in [1.54, 1.807) is 0 Å². The van der Waals surface area contributed by atoms with Crippen molar-refractivity contribution in [3.63, 3.8) is 0 Å². The van der Waals surface area contributed by atoms with Crippen molar-refractivity contribution in [3.8, 4) is 11.5 Å². The molecular weight excluding hydrogens is 243 g/mol. The SMILES string of the molecule is COc1c(C(=O)O)ccc(OC2CCCO2)c1F. The Hall–Kier alpha value is -1.82. The number of benzene rings is 1. The van der Waals surface area contributed by atoms with Gasteiger partial charge in [-0.05, 0) is 18.6 Å². The highest BCUT2D eigenvalue weighted by Crippen LogP contribution is 2.32. The molecule has 1 aliphatic heterocycles. The standard InChI is InChI=1S/C12H13FO5/c1-16-11-7(12(14)15)4-5-8(10(11)13)18-9-3-2-6-17-9/h4-5,9H,2-3,6H2,1H3,(H,14,15). The van der Waals surface area contributed by atoms with Gasteiger partial charge < -0.3 is 19.3 Å². The number of halogens is 1. The number of aromatic carboxylic acids is 1. The van der Waals surface area contributed by atoms with Gasteiger partial charge in [0.15, 0.2) is 17.8 Å². The van der Waals surface area contributed by atoms with Crippen LogP contribution in [0, 0.1) is 5.82 Å². The Labute approximate surface area is 103 Å². The van der Waals surface area contributed by atoms with Crippen LogP contribution in [0.15, 0.2) is 12.1 Å². The first-order valence-electron chi connectivity index (χ1n) is 5.51. The highest BCUT2D eigenvalue weighted by molar-refractivity contribution is 5.91. The summed E-state index contributed by atoms with van der Waals surface area (Å²) in [5.41, 5.74) is -0.241. The predicted molar refractivity (Wildman–Crippen MR) is 59.5 cm³/mol. The molecule has 18 heavy (non-hydrogen) atoms. The van der Waals surface area contributed by atoms with Crippen LogP contribution in [0.2, 0.25) is 0 Å². The number of rotatable bonds is 4. The van der Waals surface area contributed by atoms with Crippen LogP contribution in [-0.2, 0) is 4.74 Å². The lowest BCUT2D eigenvalue weighted by Gasteiger charge is -2.15. The second-order valence-corrected chi connectivity index (χ2v) is 3.82. The maximum Gasteiger partial charge on any atom is 0.339 e. The van der Waals surface area contributed by atoms with Crippen molar-refractivity contribution in [3.05, 3.63) is 23.5 Å². The lowest BCUT2D eigenvalue weighted by molar-refractivity contribution is -0.0413. The molecule has 5 nitrogen and oxygen atoms in total. The number of carboxylic acids is 1. The quantitative estimate of drug-likeness (QED) is 0.893. The molecule has 0 radical (unpaired) electrons. The van der Waals surface area contributed by atoms with Crippen molar-refractivity contribution in [2.75, 3.05) is 13.7 Å². The fraction of sp³-hybridized carbons (Fsp3) is 0.417. The van der Waals surface area contributed by atoms with Gasteiger partial charge in [-0.3, -0.25) is 0 Å². The van der Waals surface area contributed by atoms with Crippen LogP contribution in [0.3, 0.4) is 0 Å². The molecule has 1 atom stereocenters. The second-order valence-electron chi connectivity index (χ2n) is 3.82. The molecule has 1 saturated heterocycles. The smallest absolute Gasteiger partial charge is 0.339 e. The number of methoxy groups -OCH3 is 1. The van der Waals surface area contributed by atoms with Crippen molar-refractivity contribution < 1.29 is 28.5 Å². The van der Waals surface area contributed by atoms with E-state index in [4.69, 9.17) is 19.3 Å². The normalized spacial score (nSPS) is 18.7. The minimum absolute atomic E-state index is 0.0660. The van der Waals surface area contributed by atoms with Crippen LogP contribution in [0.5, 0.6) is 11.5 Å². The van der Waals surface area contributed by atoms with Crippen LogP contribution in [0.1, 0.15) is 23.2 Å². The second kappa shape index (κ2) is 5.22. The molecule has 1 aliphatic rings. The Morgan fingerprint density at radius 1 is 1.56 bits per heavy atom. The zero-order valence-electron chi connectivity index (χ0n) is 9.81. The van der Waals surface area contributed by atoms with Gasteiger partial charge >= 0.3 is 5.97 Å². The summed E-state index contributed by atoms with van der Waals surface area (Å²) in [5, 5.41) is 8.88. The van der Waals surface area contributed by atoms with E-state index in [1.165, 1.54) is 19.2 Å². The van der Waals surface area contributed by atoms with Gasteiger partial charge in [-0.25, -0.2) is 4.79 Å². The Bertz CT molecular complexity index is 454. The van der Waals surface area contributed by atoms with Crippen LogP contribution < -0.4 is 9.47 Å². The lowest BCUT2D eigenvalue weighted by Crippen LogP contribution is -2.15. The summed E-state index contributed by atoms with van der Waals surface area (Å²) in [6.07, 6.45) is 1.05. The van der Waals surface area contributed by atoms with Crippen molar-refractivity contribution in [2.24, 2.45) is 0 Å². The van der Waals surface area contributed by atoms with Gasteiger partial charge in [0.05, 0.1) is 13.7 Å². The van der Waals surface area contributed by atoms with Crippen LogP contribution >= 0.6 is 0 Å². The number of carboxylic acid groups (broad SMARTS) is 1. The Morgan fingerprint density at radius 3 is 2.89 bits per heavy atom. The molecule has 1 aromatic rings. The average molecular weight is 256 g/mol. The number of hydrogen-bond donors (Lipinski definition) is 1. The maximum absolute atomic E-state index is 14.0. The zero-order chi connectivity index (χ0) is 13.1. The molecule has 0 bridgehead atoms. The topological polar surface area (TPSA) is 65.0 Å². The third-order valence-electron chi connectivity index (χ3n) is 2.64. The summed E-state index contributed by atoms with van der Waals surface area (Å²) in [5.74, 6) is -2.48. The Morgan fingerprint density at radius 2 is 2.33 bits per heavy atom. The molecule has 0 spiro atoms. The van der Waals surface area contributed by atoms with Crippen molar-refractivity contribution in [2.45, 2.75) is 19.1 Å². The van der Waals surface area contributed by atoms with Gasteiger partial charge in [-0.2, -0.15) is 4.39 Å². The molecule has 1 heterocycles. The minimum Gasteiger partial charge on any atom is -0.493 e. The first-order chi connectivity index (χ1) is 8.63. The fourth-order valence-electron chi connectivity index (χ4n) is 1.78. The maximum atomic E-state index is 14.0. The first kappa shape index (κ1) is 12.6. The van der Waals surface area contributed by atoms with E-state index in [0.29, 0.717) is 13.0 Å². The molecule has 0 amide bonds. The third-order valence-corrected chi connectivity index (χ3v) is 2.64. The molecule has 1 fully saturated rings. The highest BCUT2D eigenvalue weighted by atomic mass is 19.1. The third kappa shape index (κ3) is 2.38. The van der Waals surface area contributed by atoms with Crippen molar-refractivity contribution in [1.29, 1.82) is 0 Å². The van der Waals surface area contributed by atoms with Crippen LogP contribution in [0.4, 0.5) is 4.39 Å². The number of hydrogen-bond acceptors (Lipinski definition) is 4. The van der Waals surface area contributed by atoms with E-state index in [2.05, 4.69) is 0 Å². The van der Waals surface area contributed by atoms with Crippen molar-refractivity contribution in [1.82, 2.24) is 0 Å². The van der Waals surface area contributed by atoms with Gasteiger partial charge in [0.2, 0.25) is 5.82 Å². The number of ether oxygens (including phenoxy) is 3. The van der Waals surface area contributed by atoms with Crippen molar-refractivity contribution >= 4 is 5.97 Å². The Kier molecular flexibility index (Phi) is 3.66. The predicted octanol–water partition coefficient (Wildman–Crippen LogP) is 2.05. The fourth-order valence-corrected chi connectivity index (χ4v) is 1.78. The summed E-state index contributed by atoms with van der Waals surface area (Å²) >= 11 is 0. The summed E-state index contributed by atoms with van der Waals surface area (Å²) in [4.78, 5) is 10.9.